The van der Waals surface area contributed by atoms with E-state index >= 15 is 0 Å². The topological polar surface area (TPSA) is 74.6 Å². The lowest BCUT2D eigenvalue weighted by Gasteiger charge is -1.97. The minimum Gasteiger partial charge on any atom is -0.481 e. The number of hydrogen-bond donors (Lipinski definition) is 3. The van der Waals surface area contributed by atoms with Crippen molar-refractivity contribution in [1.29, 1.82) is 0 Å². The van der Waals surface area contributed by atoms with E-state index in [1.165, 1.54) is 19.3 Å². The largest absolute Gasteiger partial charge is 0.481 e. The predicted molar refractivity (Wildman–Crippen MR) is 62.4 cm³/mol. The SMILES string of the molecule is C=CCCCC.O=C(O)CC(S)C(=O)O. The summed E-state index contributed by atoms with van der Waals surface area (Å²) in [6.07, 6.45) is 5.27. The Morgan fingerprint density at radius 3 is 2.13 bits per heavy atom. The van der Waals surface area contributed by atoms with Gasteiger partial charge in [-0.25, -0.2) is 0 Å². The molecule has 0 aliphatic heterocycles. The Balaban J connectivity index is 0. The smallest absolute Gasteiger partial charge is 0.316 e. The summed E-state index contributed by atoms with van der Waals surface area (Å²) in [5.74, 6) is -2.36. The Bertz CT molecular complexity index is 204. The van der Waals surface area contributed by atoms with Crippen molar-refractivity contribution in [2.75, 3.05) is 0 Å². The van der Waals surface area contributed by atoms with Gasteiger partial charge in [-0.15, -0.1) is 6.58 Å². The number of hydrogen-bond acceptors (Lipinski definition) is 3. The molecule has 1 atom stereocenters. The summed E-state index contributed by atoms with van der Waals surface area (Å²) in [6, 6.07) is 0. The summed E-state index contributed by atoms with van der Waals surface area (Å²) < 4.78 is 0. The van der Waals surface area contributed by atoms with Gasteiger partial charge in [0, 0.05) is 0 Å². The molecule has 0 aliphatic rings. The predicted octanol–water partition coefficient (Wildman–Crippen LogP) is 2.21. The van der Waals surface area contributed by atoms with E-state index in [2.05, 4.69) is 26.1 Å². The van der Waals surface area contributed by atoms with Gasteiger partial charge >= 0.3 is 11.9 Å². The molecular formula is C10H18O4S. The molecule has 1 unspecified atom stereocenters. The van der Waals surface area contributed by atoms with Gasteiger partial charge in [-0.1, -0.05) is 25.8 Å². The fourth-order valence-electron chi connectivity index (χ4n) is 0.601. The average molecular weight is 234 g/mol. The minimum absolute atomic E-state index is 0.446. The van der Waals surface area contributed by atoms with Crippen LogP contribution in [-0.4, -0.2) is 27.4 Å². The number of unbranched alkanes of at least 4 members (excludes halogenated alkanes) is 2. The second-order valence-corrected chi connectivity index (χ2v) is 3.51. The number of allylic oxidation sites excluding steroid dienone is 1. The van der Waals surface area contributed by atoms with E-state index in [0.717, 1.165) is 0 Å². The highest BCUT2D eigenvalue weighted by Gasteiger charge is 2.14. The number of aliphatic carboxylic acids is 2. The van der Waals surface area contributed by atoms with Crippen LogP contribution in [-0.2, 0) is 9.59 Å². The van der Waals surface area contributed by atoms with Crippen LogP contribution < -0.4 is 0 Å². The quantitative estimate of drug-likeness (QED) is 0.374. The molecule has 0 saturated carbocycles. The van der Waals surface area contributed by atoms with Crippen molar-refractivity contribution in [3.63, 3.8) is 0 Å². The van der Waals surface area contributed by atoms with Crippen LogP contribution in [0.5, 0.6) is 0 Å². The summed E-state index contributed by atoms with van der Waals surface area (Å²) in [5, 5.41) is 15.0. The van der Waals surface area contributed by atoms with E-state index in [0.29, 0.717) is 0 Å². The van der Waals surface area contributed by atoms with Crippen LogP contribution in [0.3, 0.4) is 0 Å². The molecule has 5 heteroatoms. The standard InChI is InChI=1S/C6H12.C4H6O4S/c1-3-5-6-4-2;5-3(6)1-2(9)4(7)8/h3H,1,4-6H2,2H3;2,9H,1H2,(H,5,6)(H,7,8). The molecular weight excluding hydrogens is 216 g/mol. The number of carboxylic acids is 2. The van der Waals surface area contributed by atoms with Crippen molar-refractivity contribution in [3.8, 4) is 0 Å². The monoisotopic (exact) mass is 234 g/mol. The third-order valence-electron chi connectivity index (χ3n) is 1.41. The molecule has 0 radical (unpaired) electrons. The summed E-state index contributed by atoms with van der Waals surface area (Å²) >= 11 is 3.48. The molecule has 15 heavy (non-hydrogen) atoms. The van der Waals surface area contributed by atoms with Gasteiger partial charge < -0.3 is 10.2 Å². The molecule has 0 saturated heterocycles. The van der Waals surface area contributed by atoms with Gasteiger partial charge in [-0.3, -0.25) is 9.59 Å². The summed E-state index contributed by atoms with van der Waals surface area (Å²) in [6.45, 7) is 5.78. The lowest BCUT2D eigenvalue weighted by Crippen LogP contribution is -2.17. The second-order valence-electron chi connectivity index (χ2n) is 2.88. The van der Waals surface area contributed by atoms with Gasteiger partial charge in [0.25, 0.3) is 0 Å². The molecule has 0 amide bonds. The van der Waals surface area contributed by atoms with Crippen molar-refractivity contribution in [1.82, 2.24) is 0 Å². The first-order valence-corrected chi connectivity index (χ1v) is 5.20. The average Bonchev–Trinajstić information content (AvgIpc) is 2.14. The first-order chi connectivity index (χ1) is 6.95. The molecule has 0 fully saturated rings. The number of carboxylic acid groups (broad SMARTS) is 2. The fraction of sp³-hybridized carbons (Fsp3) is 0.600. The zero-order valence-corrected chi connectivity index (χ0v) is 9.74. The molecule has 0 spiro atoms. The normalized spacial score (nSPS) is 10.8. The van der Waals surface area contributed by atoms with Crippen LogP contribution in [0.2, 0.25) is 0 Å². The van der Waals surface area contributed by atoms with Gasteiger partial charge in [-0.2, -0.15) is 12.6 Å². The third-order valence-corrected chi connectivity index (χ3v) is 1.82. The lowest BCUT2D eigenvalue weighted by atomic mass is 10.3. The van der Waals surface area contributed by atoms with E-state index in [4.69, 9.17) is 10.2 Å². The van der Waals surface area contributed by atoms with E-state index in [1.54, 1.807) is 0 Å². The van der Waals surface area contributed by atoms with E-state index < -0.39 is 23.6 Å². The minimum atomic E-state index is -1.21. The zero-order valence-electron chi connectivity index (χ0n) is 8.85. The molecule has 0 aromatic rings. The number of rotatable bonds is 6. The number of carbonyl (C=O) groups is 2. The molecule has 0 bridgehead atoms. The highest BCUT2D eigenvalue weighted by atomic mass is 32.1. The Hall–Kier alpha value is -0.970. The zero-order chi connectivity index (χ0) is 12.3. The van der Waals surface area contributed by atoms with Gasteiger partial charge in [0.15, 0.2) is 0 Å². The molecule has 0 heterocycles. The van der Waals surface area contributed by atoms with Crippen molar-refractivity contribution < 1.29 is 19.8 Å². The molecule has 0 rings (SSSR count). The van der Waals surface area contributed by atoms with Gasteiger partial charge in [0.2, 0.25) is 0 Å². The Morgan fingerprint density at radius 2 is 2.00 bits per heavy atom. The van der Waals surface area contributed by atoms with Crippen LogP contribution >= 0.6 is 12.6 Å². The summed E-state index contributed by atoms with van der Waals surface area (Å²) in [5.41, 5.74) is 0. The first-order valence-electron chi connectivity index (χ1n) is 4.69. The molecule has 2 N–H and O–H groups in total. The van der Waals surface area contributed by atoms with Crippen LogP contribution in [0.4, 0.5) is 0 Å². The Kier molecular flexibility index (Phi) is 12.2. The van der Waals surface area contributed by atoms with E-state index in [1.807, 2.05) is 6.08 Å². The van der Waals surface area contributed by atoms with Crippen molar-refractivity contribution >= 4 is 24.6 Å². The first kappa shape index (κ1) is 16.5. The summed E-state index contributed by atoms with van der Waals surface area (Å²) in [4.78, 5) is 19.7. The Labute approximate surface area is 95.4 Å². The van der Waals surface area contributed by atoms with Gasteiger partial charge in [-0.05, 0) is 6.42 Å². The molecule has 0 aromatic heterocycles. The van der Waals surface area contributed by atoms with Crippen LogP contribution in [0, 0.1) is 0 Å². The third kappa shape index (κ3) is 15.8. The van der Waals surface area contributed by atoms with E-state index in [-0.39, 0.29) is 0 Å². The molecule has 0 aliphatic carbocycles. The highest BCUT2D eigenvalue weighted by Crippen LogP contribution is 1.99. The second kappa shape index (κ2) is 11.1. The van der Waals surface area contributed by atoms with E-state index in [9.17, 15) is 9.59 Å². The summed E-state index contributed by atoms with van der Waals surface area (Å²) in [7, 11) is 0. The van der Waals surface area contributed by atoms with Gasteiger partial charge in [0.05, 0.1) is 6.42 Å². The van der Waals surface area contributed by atoms with Crippen LogP contribution in [0.1, 0.15) is 32.6 Å². The van der Waals surface area contributed by atoms with Crippen molar-refractivity contribution in [2.45, 2.75) is 37.9 Å². The highest BCUT2D eigenvalue weighted by molar-refractivity contribution is 7.81. The maximum absolute atomic E-state index is 9.90. The van der Waals surface area contributed by atoms with Crippen molar-refractivity contribution in [3.05, 3.63) is 12.7 Å². The van der Waals surface area contributed by atoms with Crippen molar-refractivity contribution in [2.24, 2.45) is 0 Å². The fourth-order valence-corrected chi connectivity index (χ4v) is 0.757. The molecule has 0 aromatic carbocycles. The molecule has 4 nitrogen and oxygen atoms in total. The maximum atomic E-state index is 9.90. The Morgan fingerprint density at radius 1 is 1.47 bits per heavy atom. The van der Waals surface area contributed by atoms with Crippen LogP contribution in [0.15, 0.2) is 12.7 Å². The van der Waals surface area contributed by atoms with Crippen LogP contribution in [0.25, 0.3) is 0 Å². The molecule has 88 valence electrons. The lowest BCUT2D eigenvalue weighted by molar-refractivity contribution is -0.142. The maximum Gasteiger partial charge on any atom is 0.316 e. The number of thiol groups is 1. The van der Waals surface area contributed by atoms with Gasteiger partial charge in [0.1, 0.15) is 5.25 Å².